The number of aromatic nitrogens is 1. The molecule has 1 aromatic heterocycles. The van der Waals surface area contributed by atoms with Crippen LogP contribution in [0.15, 0.2) is 54.6 Å². The minimum Gasteiger partial charge on any atom is -0.481 e. The van der Waals surface area contributed by atoms with E-state index in [-0.39, 0.29) is 11.7 Å². The number of halogens is 1. The van der Waals surface area contributed by atoms with Crippen LogP contribution in [-0.4, -0.2) is 86.9 Å². The lowest BCUT2D eigenvalue weighted by atomic mass is 9.80. The van der Waals surface area contributed by atoms with Gasteiger partial charge in [-0.1, -0.05) is 30.3 Å². The van der Waals surface area contributed by atoms with Crippen molar-refractivity contribution in [2.45, 2.75) is 50.3 Å². The van der Waals surface area contributed by atoms with E-state index in [1.54, 1.807) is 19.1 Å². The largest absolute Gasteiger partial charge is 0.481 e. The Bertz CT molecular complexity index is 1490. The van der Waals surface area contributed by atoms with Gasteiger partial charge >= 0.3 is 17.9 Å². The second kappa shape index (κ2) is 14.2. The van der Waals surface area contributed by atoms with E-state index in [2.05, 4.69) is 27.2 Å². The molecule has 3 aromatic rings. The molecule has 1 amide bonds. The number of carbonyl (C=O) groups excluding carboxylic acids is 1. The summed E-state index contributed by atoms with van der Waals surface area (Å²) >= 11 is 0. The fourth-order valence-electron chi connectivity index (χ4n) is 5.29. The average molecular weight is 613 g/mol. The van der Waals surface area contributed by atoms with Crippen LogP contribution >= 0.6 is 0 Å². The van der Waals surface area contributed by atoms with Gasteiger partial charge in [-0.25, -0.2) is 14.2 Å². The predicted octanol–water partition coefficient (Wildman–Crippen LogP) is 2.82. The third-order valence-corrected chi connectivity index (χ3v) is 7.40. The summed E-state index contributed by atoms with van der Waals surface area (Å²) in [5.41, 5.74) is -0.0446. The van der Waals surface area contributed by atoms with Gasteiger partial charge in [0.15, 0.2) is 5.60 Å². The SMILES string of the molecule is CC(=O)NC1(c2ccc(F)cc2)CCN(Cc2cc3ccccc3nc2N(C)C)CC1.O=C(O)CC(O)(CC(=O)O)C(=O)O. The molecule has 0 unspecified atom stereocenters. The van der Waals surface area contributed by atoms with Crippen LogP contribution in [0.5, 0.6) is 0 Å². The normalized spacial score (nSPS) is 14.7. The van der Waals surface area contributed by atoms with Crippen molar-refractivity contribution < 1.29 is 44.0 Å². The number of benzene rings is 2. The Morgan fingerprint density at radius 2 is 1.55 bits per heavy atom. The summed E-state index contributed by atoms with van der Waals surface area (Å²) in [7, 11) is 4.04. The summed E-state index contributed by atoms with van der Waals surface area (Å²) in [4.78, 5) is 51.8. The Labute approximate surface area is 253 Å². The zero-order chi connectivity index (χ0) is 32.7. The molecule has 1 aliphatic heterocycles. The Kier molecular flexibility index (Phi) is 11.0. The molecule has 2 aromatic carbocycles. The molecule has 236 valence electrons. The summed E-state index contributed by atoms with van der Waals surface area (Å²) in [6.45, 7) is 4.00. The zero-order valence-corrected chi connectivity index (χ0v) is 24.8. The van der Waals surface area contributed by atoms with Crippen molar-refractivity contribution in [3.63, 3.8) is 0 Å². The smallest absolute Gasteiger partial charge is 0.336 e. The van der Waals surface area contributed by atoms with E-state index < -0.39 is 41.9 Å². The number of anilines is 1. The molecule has 1 aliphatic rings. The van der Waals surface area contributed by atoms with Crippen LogP contribution < -0.4 is 10.2 Å². The number of pyridine rings is 1. The van der Waals surface area contributed by atoms with Crippen molar-refractivity contribution in [3.8, 4) is 0 Å². The summed E-state index contributed by atoms with van der Waals surface area (Å²) in [6, 6.07) is 16.9. The monoisotopic (exact) mass is 612 g/mol. The number of para-hydroxylation sites is 1. The molecule has 0 atom stereocenters. The fourth-order valence-corrected chi connectivity index (χ4v) is 5.29. The summed E-state index contributed by atoms with van der Waals surface area (Å²) in [5, 5.41) is 38.1. The van der Waals surface area contributed by atoms with E-state index in [9.17, 15) is 23.6 Å². The number of amides is 1. The molecular formula is C31H37FN4O8. The maximum Gasteiger partial charge on any atom is 0.336 e. The molecule has 12 nitrogen and oxygen atoms in total. The summed E-state index contributed by atoms with van der Waals surface area (Å²) < 4.78 is 13.5. The van der Waals surface area contributed by atoms with Gasteiger partial charge in [0.25, 0.3) is 0 Å². The highest BCUT2D eigenvalue weighted by atomic mass is 19.1. The molecule has 44 heavy (non-hydrogen) atoms. The third-order valence-electron chi connectivity index (χ3n) is 7.40. The van der Waals surface area contributed by atoms with Gasteiger partial charge in [-0.15, -0.1) is 0 Å². The highest BCUT2D eigenvalue weighted by Gasteiger charge is 2.41. The van der Waals surface area contributed by atoms with Crippen molar-refractivity contribution >= 4 is 40.5 Å². The van der Waals surface area contributed by atoms with Crippen LogP contribution in [0.1, 0.15) is 43.7 Å². The molecule has 2 heterocycles. The number of piperidine rings is 1. The number of rotatable bonds is 10. The van der Waals surface area contributed by atoms with Gasteiger partial charge in [-0.2, -0.15) is 0 Å². The van der Waals surface area contributed by atoms with E-state index >= 15 is 0 Å². The van der Waals surface area contributed by atoms with Crippen LogP contribution in [-0.2, 0) is 31.3 Å². The molecule has 0 aliphatic carbocycles. The number of nitrogens with zero attached hydrogens (tertiary/aromatic N) is 3. The minimum atomic E-state index is -2.74. The first-order valence-electron chi connectivity index (χ1n) is 13.9. The standard InChI is InChI=1S/C25H29FN4O.C6H8O7/c1-18(31)28-25(21-8-10-22(26)11-9-21)12-14-30(15-13-25)17-20-16-19-6-4-5-7-23(19)27-24(20)29(2)3;7-3(8)1-6(13,5(11)12)2-4(9)10/h4-11,16H,12-15,17H2,1-3H3,(H,28,31);13H,1-2H2,(H,7,8)(H,9,10)(H,11,12). The molecule has 13 heteroatoms. The topological polar surface area (TPSA) is 181 Å². The lowest BCUT2D eigenvalue weighted by Gasteiger charge is -2.43. The molecule has 4 rings (SSSR count). The first-order valence-corrected chi connectivity index (χ1v) is 13.9. The lowest BCUT2D eigenvalue weighted by Crippen LogP contribution is -2.52. The number of carbonyl (C=O) groups is 4. The van der Waals surface area contributed by atoms with Crippen molar-refractivity contribution in [2.24, 2.45) is 0 Å². The van der Waals surface area contributed by atoms with Crippen molar-refractivity contribution in [1.29, 1.82) is 0 Å². The Morgan fingerprint density at radius 3 is 2.05 bits per heavy atom. The quantitative estimate of drug-likeness (QED) is 0.227. The number of hydrogen-bond acceptors (Lipinski definition) is 8. The first-order chi connectivity index (χ1) is 20.6. The molecule has 0 saturated carbocycles. The van der Waals surface area contributed by atoms with Gasteiger partial charge in [0.05, 0.1) is 23.9 Å². The van der Waals surface area contributed by atoms with Crippen molar-refractivity contribution in [2.75, 3.05) is 32.1 Å². The Balaban J connectivity index is 0.000000345. The number of aliphatic hydroxyl groups is 1. The minimum absolute atomic E-state index is 0.0635. The van der Waals surface area contributed by atoms with Crippen LogP contribution in [0, 0.1) is 5.82 Å². The van der Waals surface area contributed by atoms with Crippen LogP contribution in [0.4, 0.5) is 10.2 Å². The second-order valence-corrected chi connectivity index (χ2v) is 11.1. The van der Waals surface area contributed by atoms with Crippen LogP contribution in [0.2, 0.25) is 0 Å². The molecule has 0 radical (unpaired) electrons. The Hall–Kier alpha value is -4.62. The number of likely N-dealkylation sites (tertiary alicyclic amines) is 1. The van der Waals surface area contributed by atoms with Crippen LogP contribution in [0.25, 0.3) is 10.9 Å². The lowest BCUT2D eigenvalue weighted by molar-refractivity contribution is -0.170. The van der Waals surface area contributed by atoms with Gasteiger partial charge in [0, 0.05) is 51.6 Å². The number of nitrogens with one attached hydrogen (secondary N) is 1. The molecular weight excluding hydrogens is 575 g/mol. The van der Waals surface area contributed by atoms with Gasteiger partial charge in [-0.05, 0) is 42.7 Å². The summed E-state index contributed by atoms with van der Waals surface area (Å²) in [5.74, 6) is -4.36. The molecule has 0 bridgehead atoms. The maximum absolute atomic E-state index is 13.5. The third kappa shape index (κ3) is 8.71. The van der Waals surface area contributed by atoms with Crippen molar-refractivity contribution in [3.05, 3.63) is 71.5 Å². The van der Waals surface area contributed by atoms with Gasteiger partial charge in [-0.3, -0.25) is 19.3 Å². The van der Waals surface area contributed by atoms with Crippen LogP contribution in [0.3, 0.4) is 0 Å². The zero-order valence-electron chi connectivity index (χ0n) is 24.8. The number of aliphatic carboxylic acids is 3. The van der Waals surface area contributed by atoms with Gasteiger partial charge in [0.1, 0.15) is 11.6 Å². The predicted molar refractivity (Wildman–Crippen MR) is 160 cm³/mol. The van der Waals surface area contributed by atoms with E-state index in [0.717, 1.165) is 54.8 Å². The van der Waals surface area contributed by atoms with E-state index in [1.165, 1.54) is 17.7 Å². The number of hydrogen-bond donors (Lipinski definition) is 5. The first kappa shape index (κ1) is 33.9. The fraction of sp³-hybridized carbons (Fsp3) is 0.387. The molecule has 1 fully saturated rings. The highest BCUT2D eigenvalue weighted by Crippen LogP contribution is 2.34. The van der Waals surface area contributed by atoms with Gasteiger partial charge < -0.3 is 30.6 Å². The summed E-state index contributed by atoms with van der Waals surface area (Å²) in [6.07, 6.45) is -0.740. The van der Waals surface area contributed by atoms with Crippen molar-refractivity contribution in [1.82, 2.24) is 15.2 Å². The van der Waals surface area contributed by atoms with E-state index in [1.807, 2.05) is 32.3 Å². The average Bonchev–Trinajstić information content (AvgIpc) is 2.93. The molecule has 5 N–H and O–H groups in total. The molecule has 1 saturated heterocycles. The number of fused-ring (bicyclic) bond motifs is 1. The van der Waals surface area contributed by atoms with E-state index in [0.29, 0.717) is 0 Å². The highest BCUT2D eigenvalue weighted by molar-refractivity contribution is 5.88. The second-order valence-electron chi connectivity index (χ2n) is 11.1. The number of carboxylic acid groups (broad SMARTS) is 3. The van der Waals surface area contributed by atoms with E-state index in [4.69, 9.17) is 25.4 Å². The Morgan fingerprint density at radius 1 is 0.977 bits per heavy atom. The maximum atomic E-state index is 13.5. The number of carboxylic acids is 3. The van der Waals surface area contributed by atoms with Gasteiger partial charge in [0.2, 0.25) is 5.91 Å². The molecule has 0 spiro atoms.